The first-order valence-electron chi connectivity index (χ1n) is 8.94. The van der Waals surface area contributed by atoms with E-state index in [0.717, 1.165) is 12.1 Å². The number of alkyl halides is 3. The number of hydrogen-bond donors (Lipinski definition) is 2. The Labute approximate surface area is 154 Å². The minimum Gasteiger partial charge on any atom is -0.465 e. The summed E-state index contributed by atoms with van der Waals surface area (Å²) in [6.07, 6.45) is -3.73. The number of amides is 2. The van der Waals surface area contributed by atoms with E-state index in [1.54, 1.807) is 11.0 Å². The first-order valence-corrected chi connectivity index (χ1v) is 8.94. The number of hydrogen-bond acceptors (Lipinski definition) is 3. The number of benzene rings is 1. The van der Waals surface area contributed by atoms with Gasteiger partial charge in [0.15, 0.2) is 0 Å². The molecule has 2 saturated heterocycles. The molecule has 2 fully saturated rings. The average Bonchev–Trinajstić information content (AvgIpc) is 3.08. The molecule has 1 aromatic rings. The number of carbonyl (C=O) groups excluding carboxylic acids is 1. The van der Waals surface area contributed by atoms with Gasteiger partial charge in [0.2, 0.25) is 5.91 Å². The minimum absolute atomic E-state index is 0.00776. The normalized spacial score (nSPS) is 21.4. The van der Waals surface area contributed by atoms with Gasteiger partial charge in [0.05, 0.1) is 11.6 Å². The highest BCUT2D eigenvalue weighted by Crippen LogP contribution is 2.33. The lowest BCUT2D eigenvalue weighted by Crippen LogP contribution is -2.43. The molecule has 0 saturated carbocycles. The van der Waals surface area contributed by atoms with Crippen LogP contribution in [0.1, 0.15) is 24.8 Å². The molecule has 3 rings (SSSR count). The van der Waals surface area contributed by atoms with Gasteiger partial charge in [-0.2, -0.15) is 13.2 Å². The summed E-state index contributed by atoms with van der Waals surface area (Å²) in [5, 5.41) is 11.2. The van der Waals surface area contributed by atoms with Crippen LogP contribution < -0.4 is 10.2 Å². The molecule has 0 spiro atoms. The third-order valence-electron chi connectivity index (χ3n) is 5.21. The number of halogens is 3. The smallest absolute Gasteiger partial charge is 0.416 e. The van der Waals surface area contributed by atoms with E-state index < -0.39 is 17.8 Å². The van der Waals surface area contributed by atoms with Crippen LogP contribution in [0.3, 0.4) is 0 Å². The number of carboxylic acid groups (broad SMARTS) is 1. The first-order chi connectivity index (χ1) is 12.7. The Balaban J connectivity index is 1.55. The van der Waals surface area contributed by atoms with E-state index in [1.807, 2.05) is 4.90 Å². The summed E-state index contributed by atoms with van der Waals surface area (Å²) < 4.78 is 38.6. The van der Waals surface area contributed by atoms with E-state index in [0.29, 0.717) is 51.1 Å². The average molecular weight is 385 g/mol. The molecular weight excluding hydrogens is 363 g/mol. The number of nitrogens with one attached hydrogen (secondary N) is 1. The topological polar surface area (TPSA) is 72.9 Å². The molecule has 0 unspecified atom stereocenters. The molecule has 1 atom stereocenters. The Morgan fingerprint density at radius 1 is 1.11 bits per heavy atom. The first kappa shape index (κ1) is 19.3. The number of anilines is 1. The second-order valence-electron chi connectivity index (χ2n) is 7.03. The van der Waals surface area contributed by atoms with E-state index >= 15 is 0 Å². The lowest BCUT2D eigenvalue weighted by Gasteiger charge is -2.34. The molecule has 148 valence electrons. The third-order valence-corrected chi connectivity index (χ3v) is 5.21. The van der Waals surface area contributed by atoms with Crippen LogP contribution in [-0.4, -0.2) is 54.2 Å². The van der Waals surface area contributed by atoms with Gasteiger partial charge >= 0.3 is 12.3 Å². The van der Waals surface area contributed by atoms with Crippen LogP contribution in [0, 0.1) is 5.92 Å². The third kappa shape index (κ3) is 4.64. The SMILES string of the molecule is O=C(O)N[C@H]1CCN(C(=O)C2CCN(c3cccc(C(F)(F)F)c3)CC2)C1. The molecule has 0 radical (unpaired) electrons. The Morgan fingerprint density at radius 3 is 2.44 bits per heavy atom. The Hall–Kier alpha value is -2.45. The molecule has 9 heteroatoms. The van der Waals surface area contributed by atoms with Gasteiger partial charge in [0.1, 0.15) is 0 Å². The zero-order valence-corrected chi connectivity index (χ0v) is 14.7. The molecular formula is C18H22F3N3O3. The Kier molecular flexibility index (Phi) is 5.48. The van der Waals surface area contributed by atoms with Crippen molar-refractivity contribution in [3.05, 3.63) is 29.8 Å². The van der Waals surface area contributed by atoms with Crippen molar-refractivity contribution < 1.29 is 27.9 Å². The van der Waals surface area contributed by atoms with E-state index in [-0.39, 0.29) is 17.9 Å². The summed E-state index contributed by atoms with van der Waals surface area (Å²) >= 11 is 0. The van der Waals surface area contributed by atoms with Crippen LogP contribution in [0.5, 0.6) is 0 Å². The molecule has 2 heterocycles. The fourth-order valence-corrected chi connectivity index (χ4v) is 3.77. The number of rotatable bonds is 3. The van der Waals surface area contributed by atoms with Gasteiger partial charge in [-0.3, -0.25) is 4.79 Å². The molecule has 6 nitrogen and oxygen atoms in total. The van der Waals surface area contributed by atoms with Crippen molar-refractivity contribution >= 4 is 17.7 Å². The fourth-order valence-electron chi connectivity index (χ4n) is 3.77. The zero-order valence-electron chi connectivity index (χ0n) is 14.7. The van der Waals surface area contributed by atoms with Crippen LogP contribution in [-0.2, 0) is 11.0 Å². The lowest BCUT2D eigenvalue weighted by molar-refractivity contribution is -0.137. The van der Waals surface area contributed by atoms with Crippen molar-refractivity contribution in [2.45, 2.75) is 31.5 Å². The lowest BCUT2D eigenvalue weighted by atomic mass is 9.95. The predicted octanol–water partition coefficient (Wildman–Crippen LogP) is 2.79. The van der Waals surface area contributed by atoms with Crippen LogP contribution in [0.25, 0.3) is 0 Å². The Bertz CT molecular complexity index is 703. The molecule has 2 aliphatic rings. The van der Waals surface area contributed by atoms with Crippen molar-refractivity contribution in [3.63, 3.8) is 0 Å². The highest BCUT2D eigenvalue weighted by atomic mass is 19.4. The number of likely N-dealkylation sites (tertiary alicyclic amines) is 1. The van der Waals surface area contributed by atoms with Crippen molar-refractivity contribution in [2.75, 3.05) is 31.1 Å². The summed E-state index contributed by atoms with van der Waals surface area (Å²) in [5.41, 5.74) is -0.158. The molecule has 2 amide bonds. The van der Waals surface area contributed by atoms with Crippen LogP contribution in [0.2, 0.25) is 0 Å². The maximum atomic E-state index is 12.9. The summed E-state index contributed by atoms with van der Waals surface area (Å²) in [4.78, 5) is 26.9. The second-order valence-corrected chi connectivity index (χ2v) is 7.03. The van der Waals surface area contributed by atoms with E-state index in [4.69, 9.17) is 5.11 Å². The Morgan fingerprint density at radius 2 is 1.81 bits per heavy atom. The van der Waals surface area contributed by atoms with Crippen molar-refractivity contribution in [3.8, 4) is 0 Å². The van der Waals surface area contributed by atoms with E-state index in [2.05, 4.69) is 5.32 Å². The van der Waals surface area contributed by atoms with Crippen LogP contribution in [0.15, 0.2) is 24.3 Å². The predicted molar refractivity (Wildman–Crippen MR) is 92.5 cm³/mol. The number of nitrogens with zero attached hydrogens (tertiary/aromatic N) is 2. The summed E-state index contributed by atoms with van der Waals surface area (Å²) in [6, 6.07) is 5.01. The van der Waals surface area contributed by atoms with Gasteiger partial charge in [0, 0.05) is 37.8 Å². The molecule has 0 aliphatic carbocycles. The van der Waals surface area contributed by atoms with Crippen LogP contribution >= 0.6 is 0 Å². The monoisotopic (exact) mass is 385 g/mol. The maximum Gasteiger partial charge on any atom is 0.416 e. The fraction of sp³-hybridized carbons (Fsp3) is 0.556. The van der Waals surface area contributed by atoms with Gasteiger partial charge in [-0.15, -0.1) is 0 Å². The zero-order chi connectivity index (χ0) is 19.6. The quantitative estimate of drug-likeness (QED) is 0.839. The van der Waals surface area contributed by atoms with E-state index in [9.17, 15) is 22.8 Å². The van der Waals surface area contributed by atoms with Crippen molar-refractivity contribution in [1.82, 2.24) is 10.2 Å². The molecule has 2 aliphatic heterocycles. The molecule has 0 aromatic heterocycles. The summed E-state index contributed by atoms with van der Waals surface area (Å²) in [5.74, 6) is -0.163. The second kappa shape index (κ2) is 7.66. The number of carbonyl (C=O) groups is 2. The standard InChI is InChI=1S/C18H22F3N3O3/c19-18(20,21)13-2-1-3-15(10-13)23-7-4-12(5-8-23)16(25)24-9-6-14(11-24)22-17(26)27/h1-3,10,12,14,22H,4-9,11H2,(H,26,27)/t14-/m0/s1. The maximum absolute atomic E-state index is 12.9. The highest BCUT2D eigenvalue weighted by Gasteiger charge is 2.34. The largest absolute Gasteiger partial charge is 0.465 e. The summed E-state index contributed by atoms with van der Waals surface area (Å²) in [7, 11) is 0. The summed E-state index contributed by atoms with van der Waals surface area (Å²) in [6.45, 7) is 1.93. The number of piperidine rings is 1. The van der Waals surface area contributed by atoms with E-state index in [1.165, 1.54) is 6.07 Å². The van der Waals surface area contributed by atoms with Gasteiger partial charge in [0.25, 0.3) is 0 Å². The van der Waals surface area contributed by atoms with Crippen molar-refractivity contribution in [1.29, 1.82) is 0 Å². The van der Waals surface area contributed by atoms with Crippen LogP contribution in [0.4, 0.5) is 23.7 Å². The molecule has 2 N–H and O–H groups in total. The molecule has 0 bridgehead atoms. The molecule has 27 heavy (non-hydrogen) atoms. The minimum atomic E-state index is -4.37. The molecule has 1 aromatic carbocycles. The van der Waals surface area contributed by atoms with Gasteiger partial charge < -0.3 is 20.2 Å². The van der Waals surface area contributed by atoms with Gasteiger partial charge in [-0.1, -0.05) is 6.07 Å². The van der Waals surface area contributed by atoms with Gasteiger partial charge in [-0.25, -0.2) is 4.79 Å². The van der Waals surface area contributed by atoms with Gasteiger partial charge in [-0.05, 0) is 37.5 Å². The van der Waals surface area contributed by atoms with Crippen molar-refractivity contribution in [2.24, 2.45) is 5.92 Å². The highest BCUT2D eigenvalue weighted by molar-refractivity contribution is 5.79.